The van der Waals surface area contributed by atoms with Gasteiger partial charge in [0.15, 0.2) is 0 Å². The van der Waals surface area contributed by atoms with E-state index in [1.165, 1.54) is 7.11 Å². The lowest BCUT2D eigenvalue weighted by Crippen LogP contribution is -2.18. The smallest absolute Gasteiger partial charge is 0.337 e. The molecule has 0 spiro atoms. The number of benzene rings is 1. The Labute approximate surface area is 98.7 Å². The standard InChI is InChI=1S/C11H13ClO4/c1-15-11(14)8-2-4-10(5-3-8)16-7-9(13)6-12/h2-5,9,13H,6-7H2,1H3. The molecule has 0 aromatic heterocycles. The minimum Gasteiger partial charge on any atom is -0.491 e. The van der Waals surface area contributed by atoms with Crippen LogP contribution in [0.4, 0.5) is 0 Å². The Balaban J connectivity index is 2.54. The molecule has 0 aliphatic carbocycles. The van der Waals surface area contributed by atoms with E-state index < -0.39 is 12.1 Å². The molecule has 0 fully saturated rings. The van der Waals surface area contributed by atoms with E-state index in [-0.39, 0.29) is 12.5 Å². The summed E-state index contributed by atoms with van der Waals surface area (Å²) < 4.78 is 9.80. The van der Waals surface area contributed by atoms with Crippen molar-refractivity contribution in [1.82, 2.24) is 0 Å². The van der Waals surface area contributed by atoms with Crippen LogP contribution in [0.1, 0.15) is 10.4 Å². The normalized spacial score (nSPS) is 11.9. The summed E-state index contributed by atoms with van der Waals surface area (Å²) in [5.74, 6) is 0.296. The molecule has 1 atom stereocenters. The zero-order chi connectivity index (χ0) is 12.0. The molecular weight excluding hydrogens is 232 g/mol. The van der Waals surface area contributed by atoms with Gasteiger partial charge in [-0.05, 0) is 24.3 Å². The molecule has 0 bridgehead atoms. The number of ether oxygens (including phenoxy) is 2. The van der Waals surface area contributed by atoms with Crippen LogP contribution in [-0.2, 0) is 4.74 Å². The molecule has 1 N–H and O–H groups in total. The molecule has 1 unspecified atom stereocenters. The molecule has 0 aliphatic rings. The van der Waals surface area contributed by atoms with E-state index in [0.717, 1.165) is 0 Å². The van der Waals surface area contributed by atoms with Gasteiger partial charge in [-0.1, -0.05) is 0 Å². The zero-order valence-corrected chi connectivity index (χ0v) is 9.61. The largest absolute Gasteiger partial charge is 0.491 e. The lowest BCUT2D eigenvalue weighted by atomic mass is 10.2. The molecule has 0 saturated carbocycles. The van der Waals surface area contributed by atoms with Crippen molar-refractivity contribution in [2.75, 3.05) is 19.6 Å². The molecule has 88 valence electrons. The molecule has 0 amide bonds. The molecular formula is C11H13ClO4. The summed E-state index contributed by atoms with van der Waals surface area (Å²) in [6.07, 6.45) is -0.693. The van der Waals surface area contributed by atoms with E-state index in [4.69, 9.17) is 21.4 Å². The lowest BCUT2D eigenvalue weighted by molar-refractivity contribution is 0.0600. The number of aliphatic hydroxyl groups excluding tert-OH is 1. The Morgan fingerprint density at radius 1 is 1.44 bits per heavy atom. The highest BCUT2D eigenvalue weighted by atomic mass is 35.5. The Morgan fingerprint density at radius 2 is 2.06 bits per heavy atom. The number of esters is 1. The number of carbonyl (C=O) groups is 1. The van der Waals surface area contributed by atoms with Crippen LogP contribution in [0.2, 0.25) is 0 Å². The Bertz CT molecular complexity index is 336. The zero-order valence-electron chi connectivity index (χ0n) is 8.85. The minimum absolute atomic E-state index is 0.125. The third-order valence-electron chi connectivity index (χ3n) is 1.90. The van der Waals surface area contributed by atoms with Gasteiger partial charge in [-0.25, -0.2) is 4.79 Å². The van der Waals surface area contributed by atoms with Gasteiger partial charge in [-0.15, -0.1) is 11.6 Å². The fraction of sp³-hybridized carbons (Fsp3) is 0.364. The summed E-state index contributed by atoms with van der Waals surface area (Å²) in [4.78, 5) is 11.1. The van der Waals surface area contributed by atoms with Crippen LogP contribution in [0.15, 0.2) is 24.3 Å². The third-order valence-corrected chi connectivity index (χ3v) is 2.25. The predicted molar refractivity (Wildman–Crippen MR) is 60.0 cm³/mol. The van der Waals surface area contributed by atoms with Crippen molar-refractivity contribution in [3.8, 4) is 5.75 Å². The van der Waals surface area contributed by atoms with Crippen molar-refractivity contribution in [2.45, 2.75) is 6.10 Å². The van der Waals surface area contributed by atoms with Gasteiger partial charge in [0, 0.05) is 0 Å². The summed E-state index contributed by atoms with van der Waals surface area (Å²) in [5.41, 5.74) is 0.452. The summed E-state index contributed by atoms with van der Waals surface area (Å²) in [5, 5.41) is 9.17. The summed E-state index contributed by atoms with van der Waals surface area (Å²) >= 11 is 5.41. The van der Waals surface area contributed by atoms with Crippen molar-refractivity contribution >= 4 is 17.6 Å². The lowest BCUT2D eigenvalue weighted by Gasteiger charge is -2.09. The van der Waals surface area contributed by atoms with Crippen molar-refractivity contribution in [2.24, 2.45) is 0 Å². The van der Waals surface area contributed by atoms with Gasteiger partial charge in [0.1, 0.15) is 18.5 Å². The summed E-state index contributed by atoms with van der Waals surface area (Å²) in [6.45, 7) is 0.126. The topological polar surface area (TPSA) is 55.8 Å². The quantitative estimate of drug-likeness (QED) is 0.629. The number of halogens is 1. The maximum Gasteiger partial charge on any atom is 0.337 e. The Morgan fingerprint density at radius 3 is 2.56 bits per heavy atom. The van der Waals surface area contributed by atoms with Crippen molar-refractivity contribution in [1.29, 1.82) is 0 Å². The van der Waals surface area contributed by atoms with Crippen molar-refractivity contribution < 1.29 is 19.4 Å². The fourth-order valence-electron chi connectivity index (χ4n) is 1.04. The van der Waals surface area contributed by atoms with Gasteiger partial charge in [-0.3, -0.25) is 0 Å². The van der Waals surface area contributed by atoms with Gasteiger partial charge in [0.2, 0.25) is 0 Å². The van der Waals surface area contributed by atoms with E-state index in [1.54, 1.807) is 24.3 Å². The number of hydrogen-bond donors (Lipinski definition) is 1. The Kier molecular flexibility index (Phi) is 5.08. The van der Waals surface area contributed by atoms with Gasteiger partial charge >= 0.3 is 5.97 Å². The molecule has 0 saturated heterocycles. The number of hydrogen-bond acceptors (Lipinski definition) is 4. The highest BCUT2D eigenvalue weighted by Crippen LogP contribution is 2.13. The van der Waals surface area contributed by atoms with Gasteiger partial charge in [0.05, 0.1) is 18.6 Å². The highest BCUT2D eigenvalue weighted by Gasteiger charge is 2.06. The minimum atomic E-state index is -0.693. The average Bonchev–Trinajstić information content (AvgIpc) is 2.35. The van der Waals surface area contributed by atoms with E-state index in [0.29, 0.717) is 11.3 Å². The summed E-state index contributed by atoms with van der Waals surface area (Å²) in [6, 6.07) is 6.45. The third kappa shape index (κ3) is 3.72. The molecule has 1 rings (SSSR count). The molecule has 5 heteroatoms. The van der Waals surface area contributed by atoms with Crippen LogP contribution in [0.25, 0.3) is 0 Å². The molecule has 1 aromatic carbocycles. The van der Waals surface area contributed by atoms with E-state index >= 15 is 0 Å². The van der Waals surface area contributed by atoms with E-state index in [2.05, 4.69) is 4.74 Å². The molecule has 1 aromatic rings. The SMILES string of the molecule is COC(=O)c1ccc(OCC(O)CCl)cc1. The summed E-state index contributed by atoms with van der Waals surface area (Å²) in [7, 11) is 1.32. The van der Waals surface area contributed by atoms with Gasteiger partial charge in [0.25, 0.3) is 0 Å². The fourth-order valence-corrected chi connectivity index (χ4v) is 1.13. The number of alkyl halides is 1. The van der Waals surface area contributed by atoms with Gasteiger partial charge < -0.3 is 14.6 Å². The maximum absolute atomic E-state index is 11.1. The monoisotopic (exact) mass is 244 g/mol. The predicted octanol–water partition coefficient (Wildman–Crippen LogP) is 1.45. The van der Waals surface area contributed by atoms with Gasteiger partial charge in [-0.2, -0.15) is 0 Å². The first-order valence-electron chi connectivity index (χ1n) is 4.72. The first kappa shape index (κ1) is 12.8. The number of aliphatic hydroxyl groups is 1. The second-order valence-corrected chi connectivity index (χ2v) is 3.44. The second kappa shape index (κ2) is 6.35. The Hall–Kier alpha value is -1.26. The molecule has 0 aliphatic heterocycles. The van der Waals surface area contributed by atoms with Crippen LogP contribution in [-0.4, -0.2) is 36.8 Å². The first-order chi connectivity index (χ1) is 7.67. The molecule has 16 heavy (non-hydrogen) atoms. The van der Waals surface area contributed by atoms with Crippen molar-refractivity contribution in [3.63, 3.8) is 0 Å². The number of carbonyl (C=O) groups excluding carboxylic acids is 1. The van der Waals surface area contributed by atoms with Crippen LogP contribution in [0.5, 0.6) is 5.75 Å². The molecule has 0 heterocycles. The van der Waals surface area contributed by atoms with Crippen molar-refractivity contribution in [3.05, 3.63) is 29.8 Å². The van der Waals surface area contributed by atoms with Crippen LogP contribution < -0.4 is 4.74 Å². The van der Waals surface area contributed by atoms with Crippen LogP contribution in [0, 0.1) is 0 Å². The average molecular weight is 245 g/mol. The number of rotatable bonds is 5. The first-order valence-corrected chi connectivity index (χ1v) is 5.26. The van der Waals surface area contributed by atoms with E-state index in [1.807, 2.05) is 0 Å². The van der Waals surface area contributed by atoms with E-state index in [9.17, 15) is 4.79 Å². The second-order valence-electron chi connectivity index (χ2n) is 3.14. The van der Waals surface area contributed by atoms with Crippen LogP contribution in [0.3, 0.4) is 0 Å². The van der Waals surface area contributed by atoms with Crippen LogP contribution >= 0.6 is 11.6 Å². The maximum atomic E-state index is 11.1. The highest BCUT2D eigenvalue weighted by molar-refractivity contribution is 6.18. The molecule has 0 radical (unpaired) electrons. The molecule has 4 nitrogen and oxygen atoms in total. The number of methoxy groups -OCH3 is 1.